The Balaban J connectivity index is 1.94. The molecule has 0 aliphatic carbocycles. The molecule has 2 aromatic carbocycles. The van der Waals surface area contributed by atoms with E-state index >= 15 is 0 Å². The minimum atomic E-state index is -0.716. The van der Waals surface area contributed by atoms with Crippen LogP contribution in [0.5, 0.6) is 0 Å². The molecule has 0 saturated carbocycles. The number of amides is 1. The molecular weight excluding hydrogens is 307 g/mol. The number of nitrogens with zero attached hydrogens (tertiary/aromatic N) is 2. The number of benzene rings is 2. The molecule has 1 heterocycles. The highest BCUT2D eigenvalue weighted by Crippen LogP contribution is 2.30. The molecule has 2 aromatic rings. The van der Waals surface area contributed by atoms with E-state index in [9.17, 15) is 9.18 Å². The second kappa shape index (κ2) is 5.77. The summed E-state index contributed by atoms with van der Waals surface area (Å²) in [5.41, 5.74) is 1.31. The number of halogens is 2. The summed E-state index contributed by atoms with van der Waals surface area (Å²) in [6, 6.07) is 12.7. The minimum absolute atomic E-state index is 0.272. The summed E-state index contributed by atoms with van der Waals surface area (Å²) in [5.74, 6) is -0.328. The van der Waals surface area contributed by atoms with Gasteiger partial charge in [0.2, 0.25) is 18.0 Å². The van der Waals surface area contributed by atoms with Gasteiger partial charge in [0.05, 0.1) is 0 Å². The molecule has 0 unspecified atom stereocenters. The largest absolute Gasteiger partial charge is 0.446 e. The molecule has 0 N–H and O–H groups in total. The Hall–Kier alpha value is -2.40. The predicted molar refractivity (Wildman–Crippen MR) is 80.7 cm³/mol. The van der Waals surface area contributed by atoms with Crippen molar-refractivity contribution in [3.05, 3.63) is 70.5 Å². The van der Waals surface area contributed by atoms with Crippen molar-refractivity contribution < 1.29 is 13.9 Å². The second-order valence-corrected chi connectivity index (χ2v) is 5.24. The number of hydrazone groups is 1. The molecular formula is C16H12ClFN2O2. The summed E-state index contributed by atoms with van der Waals surface area (Å²) in [4.78, 5) is 11.8. The second-order valence-electron chi connectivity index (χ2n) is 4.80. The lowest BCUT2D eigenvalue weighted by Crippen LogP contribution is -2.25. The van der Waals surface area contributed by atoms with E-state index in [-0.39, 0.29) is 11.7 Å². The van der Waals surface area contributed by atoms with Crippen molar-refractivity contribution in [2.24, 2.45) is 5.10 Å². The summed E-state index contributed by atoms with van der Waals surface area (Å²) in [6.45, 7) is 1.39. The summed E-state index contributed by atoms with van der Waals surface area (Å²) in [6.07, 6.45) is -0.716. The van der Waals surface area contributed by atoms with Crippen molar-refractivity contribution >= 4 is 23.4 Å². The van der Waals surface area contributed by atoms with Crippen molar-refractivity contribution in [1.29, 1.82) is 0 Å². The van der Waals surface area contributed by atoms with Crippen LogP contribution in [0, 0.1) is 5.82 Å². The maximum Gasteiger partial charge on any atom is 0.243 e. The smallest absolute Gasteiger partial charge is 0.243 e. The van der Waals surface area contributed by atoms with Crippen LogP contribution in [-0.2, 0) is 9.53 Å². The van der Waals surface area contributed by atoms with E-state index in [1.165, 1.54) is 24.1 Å². The van der Waals surface area contributed by atoms with Gasteiger partial charge in [0.15, 0.2) is 0 Å². The fourth-order valence-corrected chi connectivity index (χ4v) is 2.34. The third kappa shape index (κ3) is 2.80. The summed E-state index contributed by atoms with van der Waals surface area (Å²) in [7, 11) is 0. The normalized spacial score (nSPS) is 17.1. The molecule has 4 nitrogen and oxygen atoms in total. The van der Waals surface area contributed by atoms with Crippen LogP contribution in [0.2, 0.25) is 5.02 Å². The third-order valence-electron chi connectivity index (χ3n) is 3.19. The highest BCUT2D eigenvalue weighted by atomic mass is 35.5. The Morgan fingerprint density at radius 2 is 2.00 bits per heavy atom. The van der Waals surface area contributed by atoms with Crippen molar-refractivity contribution in [3.63, 3.8) is 0 Å². The SMILES string of the molecule is CC(=O)N1N=C(c2cccc(Cl)c2)O[C@@H]1c1ccc(F)cc1. The van der Waals surface area contributed by atoms with Gasteiger partial charge in [-0.25, -0.2) is 4.39 Å². The van der Waals surface area contributed by atoms with E-state index < -0.39 is 6.23 Å². The lowest BCUT2D eigenvalue weighted by Gasteiger charge is -2.19. The van der Waals surface area contributed by atoms with Gasteiger partial charge in [-0.05, 0) is 30.3 Å². The molecule has 6 heteroatoms. The Labute approximate surface area is 131 Å². The van der Waals surface area contributed by atoms with E-state index in [0.29, 0.717) is 22.0 Å². The standard InChI is InChI=1S/C16H12ClFN2O2/c1-10(21)20-16(11-5-7-14(18)8-6-11)22-15(19-20)12-3-2-4-13(17)9-12/h2-9,16H,1H3/t16-/m1/s1. The molecule has 1 amide bonds. The fourth-order valence-electron chi connectivity index (χ4n) is 2.15. The van der Waals surface area contributed by atoms with Gasteiger partial charge in [0, 0.05) is 23.1 Å². The van der Waals surface area contributed by atoms with Crippen LogP contribution >= 0.6 is 11.6 Å². The van der Waals surface area contributed by atoms with Crippen LogP contribution in [0.4, 0.5) is 4.39 Å². The first-order chi connectivity index (χ1) is 10.5. The molecule has 0 spiro atoms. The number of rotatable bonds is 2. The van der Waals surface area contributed by atoms with Crippen molar-refractivity contribution in [3.8, 4) is 0 Å². The summed E-state index contributed by atoms with van der Waals surface area (Å²) < 4.78 is 18.8. The number of carbonyl (C=O) groups excluding carboxylic acids is 1. The van der Waals surface area contributed by atoms with E-state index in [4.69, 9.17) is 16.3 Å². The number of hydrogen-bond donors (Lipinski definition) is 0. The Bertz CT molecular complexity index is 746. The van der Waals surface area contributed by atoms with Crippen molar-refractivity contribution in [2.75, 3.05) is 0 Å². The zero-order valence-corrected chi connectivity index (χ0v) is 12.4. The van der Waals surface area contributed by atoms with Gasteiger partial charge in [-0.3, -0.25) is 4.79 Å². The molecule has 0 saturated heterocycles. The summed E-state index contributed by atoms with van der Waals surface area (Å²) >= 11 is 5.96. The third-order valence-corrected chi connectivity index (χ3v) is 3.43. The van der Waals surface area contributed by atoms with E-state index in [0.717, 1.165) is 0 Å². The molecule has 1 aliphatic heterocycles. The molecule has 0 bridgehead atoms. The van der Waals surface area contributed by atoms with Gasteiger partial charge >= 0.3 is 0 Å². The van der Waals surface area contributed by atoms with Crippen LogP contribution in [-0.4, -0.2) is 16.8 Å². The van der Waals surface area contributed by atoms with Crippen LogP contribution < -0.4 is 0 Å². The van der Waals surface area contributed by atoms with Crippen LogP contribution in [0.25, 0.3) is 0 Å². The molecule has 112 valence electrons. The first kappa shape index (κ1) is 14.5. The minimum Gasteiger partial charge on any atom is -0.446 e. The van der Waals surface area contributed by atoms with E-state index in [1.807, 2.05) is 0 Å². The van der Waals surface area contributed by atoms with Gasteiger partial charge < -0.3 is 4.74 Å². The highest BCUT2D eigenvalue weighted by Gasteiger charge is 2.33. The van der Waals surface area contributed by atoms with Crippen LogP contribution in [0.1, 0.15) is 24.3 Å². The van der Waals surface area contributed by atoms with Crippen LogP contribution in [0.3, 0.4) is 0 Å². The van der Waals surface area contributed by atoms with E-state index in [2.05, 4.69) is 5.10 Å². The van der Waals surface area contributed by atoms with Gasteiger partial charge in [-0.2, -0.15) is 5.01 Å². The van der Waals surface area contributed by atoms with E-state index in [1.54, 1.807) is 36.4 Å². The molecule has 1 aliphatic rings. The molecule has 1 atom stereocenters. The average Bonchev–Trinajstić information content (AvgIpc) is 2.93. The molecule has 0 radical (unpaired) electrons. The molecule has 22 heavy (non-hydrogen) atoms. The first-order valence-corrected chi connectivity index (χ1v) is 6.99. The lowest BCUT2D eigenvalue weighted by molar-refractivity contribution is -0.135. The Kier molecular flexibility index (Phi) is 3.81. The van der Waals surface area contributed by atoms with Gasteiger partial charge in [0.1, 0.15) is 5.82 Å². The summed E-state index contributed by atoms with van der Waals surface area (Å²) in [5, 5.41) is 5.98. The Morgan fingerprint density at radius 3 is 2.64 bits per heavy atom. The predicted octanol–water partition coefficient (Wildman–Crippen LogP) is 3.72. The Morgan fingerprint density at radius 1 is 1.27 bits per heavy atom. The van der Waals surface area contributed by atoms with Crippen molar-refractivity contribution in [1.82, 2.24) is 5.01 Å². The van der Waals surface area contributed by atoms with Crippen molar-refractivity contribution in [2.45, 2.75) is 13.2 Å². The van der Waals surface area contributed by atoms with Gasteiger partial charge in [0.25, 0.3) is 0 Å². The van der Waals surface area contributed by atoms with Gasteiger partial charge in [-0.15, -0.1) is 5.10 Å². The zero-order chi connectivity index (χ0) is 15.7. The monoisotopic (exact) mass is 318 g/mol. The zero-order valence-electron chi connectivity index (χ0n) is 11.7. The number of carbonyl (C=O) groups is 1. The maximum absolute atomic E-state index is 13.1. The fraction of sp³-hybridized carbons (Fsp3) is 0.125. The maximum atomic E-state index is 13.1. The molecule has 0 aromatic heterocycles. The van der Waals surface area contributed by atoms with Crippen LogP contribution in [0.15, 0.2) is 53.6 Å². The molecule has 0 fully saturated rings. The quantitative estimate of drug-likeness (QED) is 0.847. The molecule has 3 rings (SSSR count). The number of hydrogen-bond acceptors (Lipinski definition) is 3. The topological polar surface area (TPSA) is 41.9 Å². The average molecular weight is 319 g/mol. The number of ether oxygens (including phenoxy) is 1. The highest BCUT2D eigenvalue weighted by molar-refractivity contribution is 6.31. The first-order valence-electron chi connectivity index (χ1n) is 6.61. The van der Waals surface area contributed by atoms with Gasteiger partial charge in [-0.1, -0.05) is 29.8 Å². The lowest BCUT2D eigenvalue weighted by atomic mass is 10.2.